The molecule has 2 aromatic carbocycles. The Balaban J connectivity index is 1.46. The molecule has 10 nitrogen and oxygen atoms in total. The van der Waals surface area contributed by atoms with E-state index in [4.69, 9.17) is 16.3 Å². The highest BCUT2D eigenvalue weighted by atomic mass is 35.5. The lowest BCUT2D eigenvalue weighted by molar-refractivity contribution is -0.384. The maximum absolute atomic E-state index is 12.5. The molecule has 0 saturated heterocycles. The number of benzene rings is 2. The smallest absolute Gasteiger partial charge is 0.348 e. The maximum atomic E-state index is 12.5. The van der Waals surface area contributed by atoms with Crippen LogP contribution in [0, 0.1) is 28.4 Å². The summed E-state index contributed by atoms with van der Waals surface area (Å²) in [5.41, 5.74) is 1.22. The van der Waals surface area contributed by atoms with Crippen molar-refractivity contribution in [3.05, 3.63) is 79.8 Å². The summed E-state index contributed by atoms with van der Waals surface area (Å²) < 4.78 is 6.82. The Morgan fingerprint density at radius 3 is 2.68 bits per heavy atom. The fraction of sp³-hybridized carbons (Fsp3) is 0.0909. The Kier molecular flexibility index (Phi) is 6.27. The summed E-state index contributed by atoms with van der Waals surface area (Å²) in [6.45, 7) is 1.22. The Bertz CT molecular complexity index is 1490. The average Bonchev–Trinajstić information content (AvgIpc) is 3.39. The van der Waals surface area contributed by atoms with Crippen molar-refractivity contribution in [2.45, 2.75) is 6.92 Å². The van der Waals surface area contributed by atoms with Crippen molar-refractivity contribution in [3.63, 3.8) is 0 Å². The van der Waals surface area contributed by atoms with E-state index in [-0.39, 0.29) is 16.9 Å². The standard InChI is InChI=1S/C22H14ClN5O5S/c1-12-17-9-19(34-21(17)27(26-12)15-4-2-14(23)3-5-15)22(30)33-11-20(29)25-18-7-6-16(28(31)32)8-13(18)10-24/h2-9H,11H2,1H3,(H,25,29). The number of aryl methyl sites for hydroxylation is 1. The van der Waals surface area contributed by atoms with E-state index in [1.165, 1.54) is 17.4 Å². The normalized spacial score (nSPS) is 10.6. The number of carbonyl (C=O) groups is 2. The lowest BCUT2D eigenvalue weighted by Gasteiger charge is -2.07. The number of anilines is 1. The molecule has 2 aromatic heterocycles. The van der Waals surface area contributed by atoms with Gasteiger partial charge in [0, 0.05) is 22.5 Å². The van der Waals surface area contributed by atoms with Crippen LogP contribution in [0.5, 0.6) is 0 Å². The van der Waals surface area contributed by atoms with Crippen molar-refractivity contribution >= 4 is 56.4 Å². The number of halogens is 1. The first kappa shape index (κ1) is 22.9. The van der Waals surface area contributed by atoms with Gasteiger partial charge in [0.1, 0.15) is 15.8 Å². The number of ether oxygens (including phenoxy) is 1. The topological polar surface area (TPSA) is 140 Å². The molecule has 34 heavy (non-hydrogen) atoms. The van der Waals surface area contributed by atoms with Crippen LogP contribution in [0.2, 0.25) is 5.02 Å². The zero-order chi connectivity index (χ0) is 24.4. The predicted molar refractivity (Wildman–Crippen MR) is 125 cm³/mol. The van der Waals surface area contributed by atoms with Crippen LogP contribution in [0.25, 0.3) is 15.9 Å². The fourth-order valence-corrected chi connectivity index (χ4v) is 4.34. The number of nitriles is 1. The molecule has 0 bridgehead atoms. The van der Waals surface area contributed by atoms with Gasteiger partial charge in [0.15, 0.2) is 6.61 Å². The van der Waals surface area contributed by atoms with Crippen LogP contribution >= 0.6 is 22.9 Å². The third-order valence-electron chi connectivity index (χ3n) is 4.76. The van der Waals surface area contributed by atoms with Crippen LogP contribution in [0.15, 0.2) is 48.5 Å². The van der Waals surface area contributed by atoms with Crippen molar-refractivity contribution in [2.75, 3.05) is 11.9 Å². The van der Waals surface area contributed by atoms with Crippen LogP contribution in [-0.4, -0.2) is 33.2 Å². The molecule has 4 aromatic rings. The number of amides is 1. The minimum atomic E-state index is -0.692. The van der Waals surface area contributed by atoms with Crippen LogP contribution < -0.4 is 5.32 Å². The van der Waals surface area contributed by atoms with Crippen molar-refractivity contribution in [1.82, 2.24) is 9.78 Å². The number of fused-ring (bicyclic) bond motifs is 1. The minimum absolute atomic E-state index is 0.0784. The van der Waals surface area contributed by atoms with Gasteiger partial charge in [0.2, 0.25) is 0 Å². The van der Waals surface area contributed by atoms with Crippen molar-refractivity contribution in [2.24, 2.45) is 0 Å². The number of nitrogens with zero attached hydrogens (tertiary/aromatic N) is 4. The van der Waals surface area contributed by atoms with Gasteiger partial charge in [0.05, 0.1) is 27.6 Å². The lowest BCUT2D eigenvalue weighted by atomic mass is 10.1. The van der Waals surface area contributed by atoms with Crippen molar-refractivity contribution in [3.8, 4) is 11.8 Å². The van der Waals surface area contributed by atoms with Gasteiger partial charge in [-0.1, -0.05) is 11.6 Å². The molecule has 4 rings (SSSR count). The van der Waals surface area contributed by atoms with Crippen LogP contribution in [0.4, 0.5) is 11.4 Å². The third-order valence-corrected chi connectivity index (χ3v) is 6.10. The molecule has 0 unspecified atom stereocenters. The van der Waals surface area contributed by atoms with E-state index < -0.39 is 23.4 Å². The Morgan fingerprint density at radius 1 is 1.26 bits per heavy atom. The molecule has 1 amide bonds. The van der Waals surface area contributed by atoms with Gasteiger partial charge in [-0.15, -0.1) is 11.3 Å². The van der Waals surface area contributed by atoms with Gasteiger partial charge >= 0.3 is 5.97 Å². The van der Waals surface area contributed by atoms with E-state index in [1.54, 1.807) is 29.0 Å². The molecule has 1 N–H and O–H groups in total. The van der Waals surface area contributed by atoms with Crippen LogP contribution in [0.1, 0.15) is 20.9 Å². The number of hydrogen-bond acceptors (Lipinski definition) is 8. The average molecular weight is 496 g/mol. The number of nitro groups is 1. The fourth-order valence-electron chi connectivity index (χ4n) is 3.14. The summed E-state index contributed by atoms with van der Waals surface area (Å²) in [5.74, 6) is -1.38. The van der Waals surface area contributed by atoms with Gasteiger partial charge in [0.25, 0.3) is 11.6 Å². The Hall–Kier alpha value is -4.27. The summed E-state index contributed by atoms with van der Waals surface area (Å²) in [6, 6.07) is 14.0. The Labute approximate surface area is 201 Å². The highest BCUT2D eigenvalue weighted by Crippen LogP contribution is 2.31. The molecule has 12 heteroatoms. The molecule has 0 spiro atoms. The minimum Gasteiger partial charge on any atom is -0.451 e. The molecule has 0 fully saturated rings. The summed E-state index contributed by atoms with van der Waals surface area (Å²) in [7, 11) is 0. The van der Waals surface area contributed by atoms with E-state index >= 15 is 0 Å². The van der Waals surface area contributed by atoms with E-state index in [0.29, 0.717) is 9.90 Å². The second kappa shape index (κ2) is 9.30. The van der Waals surface area contributed by atoms with E-state index in [2.05, 4.69) is 10.4 Å². The molecule has 2 heterocycles. The van der Waals surface area contributed by atoms with E-state index in [9.17, 15) is 25.0 Å². The molecule has 0 radical (unpaired) electrons. The zero-order valence-corrected chi connectivity index (χ0v) is 19.0. The summed E-state index contributed by atoms with van der Waals surface area (Å²) in [6.07, 6.45) is 0. The third kappa shape index (κ3) is 4.59. The monoisotopic (exact) mass is 495 g/mol. The number of hydrogen-bond donors (Lipinski definition) is 1. The van der Waals surface area contributed by atoms with E-state index in [1.807, 2.05) is 19.1 Å². The van der Waals surface area contributed by atoms with Crippen molar-refractivity contribution in [1.29, 1.82) is 5.26 Å². The molecule has 170 valence electrons. The number of nitrogens with one attached hydrogen (secondary N) is 1. The van der Waals surface area contributed by atoms with Gasteiger partial charge < -0.3 is 10.1 Å². The number of nitro benzene ring substituents is 1. The second-order valence-electron chi connectivity index (χ2n) is 7.03. The van der Waals surface area contributed by atoms with Gasteiger partial charge in [-0.25, -0.2) is 9.48 Å². The highest BCUT2D eigenvalue weighted by Gasteiger charge is 2.19. The summed E-state index contributed by atoms with van der Waals surface area (Å²) in [5, 5.41) is 28.3. The molecule has 0 aliphatic heterocycles. The zero-order valence-electron chi connectivity index (χ0n) is 17.4. The summed E-state index contributed by atoms with van der Waals surface area (Å²) >= 11 is 7.12. The number of esters is 1. The van der Waals surface area contributed by atoms with Crippen LogP contribution in [0.3, 0.4) is 0 Å². The first-order valence-electron chi connectivity index (χ1n) is 9.67. The Morgan fingerprint density at radius 2 is 2.00 bits per heavy atom. The number of thiophene rings is 1. The molecule has 0 aliphatic carbocycles. The highest BCUT2D eigenvalue weighted by molar-refractivity contribution is 7.20. The maximum Gasteiger partial charge on any atom is 0.348 e. The largest absolute Gasteiger partial charge is 0.451 e. The molecule has 0 aliphatic rings. The number of aromatic nitrogens is 2. The first-order chi connectivity index (χ1) is 16.3. The van der Waals surface area contributed by atoms with Crippen molar-refractivity contribution < 1.29 is 19.2 Å². The lowest BCUT2D eigenvalue weighted by Crippen LogP contribution is -2.21. The van der Waals surface area contributed by atoms with Gasteiger partial charge in [-0.3, -0.25) is 14.9 Å². The first-order valence-corrected chi connectivity index (χ1v) is 10.9. The van der Waals surface area contributed by atoms with Gasteiger partial charge in [-0.2, -0.15) is 10.4 Å². The molecular formula is C22H14ClN5O5S. The number of rotatable bonds is 6. The quantitative estimate of drug-likeness (QED) is 0.233. The molecular weight excluding hydrogens is 482 g/mol. The summed E-state index contributed by atoms with van der Waals surface area (Å²) in [4.78, 5) is 36.0. The van der Waals surface area contributed by atoms with Gasteiger partial charge in [-0.05, 0) is 43.3 Å². The van der Waals surface area contributed by atoms with Crippen LogP contribution in [-0.2, 0) is 9.53 Å². The number of carbonyl (C=O) groups excluding carboxylic acids is 2. The van der Waals surface area contributed by atoms with E-state index in [0.717, 1.165) is 33.7 Å². The molecule has 0 saturated carbocycles. The SMILES string of the molecule is Cc1nn(-c2ccc(Cl)cc2)c2sc(C(=O)OCC(=O)Nc3ccc([N+](=O)[O-])cc3C#N)cc12. The molecule has 0 atom stereocenters. The predicted octanol–water partition coefficient (Wildman–Crippen LogP) is 4.62. The second-order valence-corrected chi connectivity index (χ2v) is 8.49. The number of non-ortho nitro benzene ring substituents is 1.